The molecule has 0 fully saturated rings. The molecule has 2 aromatic rings. The summed E-state index contributed by atoms with van der Waals surface area (Å²) in [7, 11) is -3.50. The lowest BCUT2D eigenvalue weighted by Gasteiger charge is -2.27. The third-order valence-electron chi connectivity index (χ3n) is 4.15. The van der Waals surface area contributed by atoms with Gasteiger partial charge in [0.1, 0.15) is 11.7 Å². The van der Waals surface area contributed by atoms with E-state index in [1.165, 1.54) is 51.1 Å². The zero-order valence-electron chi connectivity index (χ0n) is 16.6. The van der Waals surface area contributed by atoms with Crippen molar-refractivity contribution in [3.05, 3.63) is 48.7 Å². The average Bonchev–Trinajstić information content (AvgIpc) is 2.60. The van der Waals surface area contributed by atoms with Crippen LogP contribution in [0.1, 0.15) is 26.3 Å². The average molecular weight is 445 g/mol. The quantitative estimate of drug-likeness (QED) is 0.597. The molecule has 1 heterocycles. The molecule has 1 aromatic carbocycles. The molecule has 0 amide bonds. The van der Waals surface area contributed by atoms with Crippen LogP contribution in [0.5, 0.6) is 5.88 Å². The molecule has 30 heavy (non-hydrogen) atoms. The Kier molecular flexibility index (Phi) is 6.77. The number of nitrogens with zero attached hydrogens (tertiary/aromatic N) is 2. The molecule has 2 N–H and O–H groups in total. The second-order valence-corrected chi connectivity index (χ2v) is 9.08. The molecule has 0 aliphatic heterocycles. The van der Waals surface area contributed by atoms with E-state index in [4.69, 9.17) is 4.74 Å². The van der Waals surface area contributed by atoms with Crippen molar-refractivity contribution < 1.29 is 31.4 Å². The Morgan fingerprint density at radius 2 is 1.87 bits per heavy atom. The Hall–Kier alpha value is -2.66. The Morgan fingerprint density at radius 3 is 2.37 bits per heavy atom. The first-order valence-electron chi connectivity index (χ1n) is 8.78. The van der Waals surface area contributed by atoms with E-state index in [-0.39, 0.29) is 16.6 Å². The van der Waals surface area contributed by atoms with E-state index in [1.807, 2.05) is 0 Å². The number of hydrogen-bond acceptors (Lipinski definition) is 7. The zero-order chi connectivity index (χ0) is 22.7. The fourth-order valence-electron chi connectivity index (χ4n) is 2.15. The van der Waals surface area contributed by atoms with Gasteiger partial charge in [-0.25, -0.2) is 13.4 Å². The molecular weight excluding hydrogens is 423 g/mol. The first-order chi connectivity index (χ1) is 13.7. The van der Waals surface area contributed by atoms with Crippen LogP contribution in [0.25, 0.3) is 0 Å². The summed E-state index contributed by atoms with van der Waals surface area (Å²) in [6, 6.07) is 5.55. The van der Waals surface area contributed by atoms with Gasteiger partial charge in [0.2, 0.25) is 11.8 Å². The lowest BCUT2D eigenvalue weighted by atomic mass is 10.0. The fourth-order valence-corrected chi connectivity index (χ4v) is 3.20. The van der Waals surface area contributed by atoms with Crippen LogP contribution in [-0.4, -0.2) is 41.0 Å². The van der Waals surface area contributed by atoms with Gasteiger partial charge in [-0.1, -0.05) is 6.08 Å². The molecule has 0 saturated carbocycles. The molecule has 7 nitrogen and oxygen atoms in total. The molecule has 1 atom stereocenters. The van der Waals surface area contributed by atoms with Crippen LogP contribution < -0.4 is 10.1 Å². The van der Waals surface area contributed by atoms with E-state index in [9.17, 15) is 26.7 Å². The lowest BCUT2D eigenvalue weighted by molar-refractivity contribution is -0.141. The Balaban J connectivity index is 2.32. The second kappa shape index (κ2) is 8.60. The number of aromatic nitrogens is 2. The molecule has 0 aliphatic carbocycles. The lowest BCUT2D eigenvalue weighted by Crippen LogP contribution is -2.38. The van der Waals surface area contributed by atoms with E-state index < -0.39 is 39.2 Å². The number of benzene rings is 1. The number of nitrogens with one attached hydrogen (secondary N) is 1. The maximum atomic E-state index is 13.3. The Labute approximate surface area is 172 Å². The summed E-state index contributed by atoms with van der Waals surface area (Å²) in [5.74, 6) is -1.15. The Morgan fingerprint density at radius 1 is 1.27 bits per heavy atom. The molecule has 11 heteroatoms. The van der Waals surface area contributed by atoms with Gasteiger partial charge >= 0.3 is 6.18 Å². The van der Waals surface area contributed by atoms with Gasteiger partial charge in [-0.15, -0.1) is 6.58 Å². The van der Waals surface area contributed by atoms with Crippen LogP contribution in [0.15, 0.2) is 48.0 Å². The highest BCUT2D eigenvalue weighted by atomic mass is 32.2. The minimum absolute atomic E-state index is 0.0734. The first-order valence-corrected chi connectivity index (χ1v) is 10.4. The van der Waals surface area contributed by atoms with Crippen LogP contribution in [0.2, 0.25) is 0 Å². The van der Waals surface area contributed by atoms with E-state index in [1.54, 1.807) is 0 Å². The molecule has 164 valence electrons. The van der Waals surface area contributed by atoms with Crippen molar-refractivity contribution in [2.45, 2.75) is 43.5 Å². The number of anilines is 2. The van der Waals surface area contributed by atoms with Crippen LogP contribution >= 0.6 is 0 Å². The molecule has 0 radical (unpaired) electrons. The fraction of sp³-hybridized carbons (Fsp3) is 0.368. The van der Waals surface area contributed by atoms with E-state index in [2.05, 4.69) is 21.9 Å². The van der Waals surface area contributed by atoms with Gasteiger partial charge in [-0.05, 0) is 45.0 Å². The summed E-state index contributed by atoms with van der Waals surface area (Å²) < 4.78 is 69.1. The maximum absolute atomic E-state index is 13.3. The van der Waals surface area contributed by atoms with Crippen molar-refractivity contribution in [1.29, 1.82) is 0 Å². The molecule has 0 spiro atoms. The van der Waals surface area contributed by atoms with E-state index in [0.717, 1.165) is 0 Å². The Bertz CT molecular complexity index is 1000. The minimum Gasteiger partial charge on any atom is -0.471 e. The first kappa shape index (κ1) is 23.6. The number of alkyl halides is 3. The molecular formula is C19H22F3N3O4S. The zero-order valence-corrected chi connectivity index (χ0v) is 17.4. The second-order valence-electron chi connectivity index (χ2n) is 7.04. The van der Waals surface area contributed by atoms with Crippen molar-refractivity contribution in [2.75, 3.05) is 11.1 Å². The van der Waals surface area contributed by atoms with Crippen molar-refractivity contribution in [1.82, 2.24) is 9.97 Å². The van der Waals surface area contributed by atoms with Gasteiger partial charge in [-0.3, -0.25) is 0 Å². The topological polar surface area (TPSA) is 101 Å². The van der Waals surface area contributed by atoms with Gasteiger partial charge in [0.25, 0.3) is 0 Å². The highest BCUT2D eigenvalue weighted by Crippen LogP contribution is 2.36. The minimum atomic E-state index is -4.76. The third kappa shape index (κ3) is 5.92. The van der Waals surface area contributed by atoms with Crippen molar-refractivity contribution in [3.63, 3.8) is 0 Å². The van der Waals surface area contributed by atoms with Crippen molar-refractivity contribution in [2.24, 2.45) is 0 Å². The third-order valence-corrected chi connectivity index (χ3v) is 5.81. The summed E-state index contributed by atoms with van der Waals surface area (Å²) in [6.45, 7) is 7.60. The predicted octanol–water partition coefficient (Wildman–Crippen LogP) is 3.74. The molecule has 0 unspecified atom stereocenters. The molecule has 1 aromatic heterocycles. The number of ether oxygens (including phenoxy) is 1. The summed E-state index contributed by atoms with van der Waals surface area (Å²) in [6.07, 6.45) is -3.90. The number of hydrogen-bond donors (Lipinski definition) is 2. The van der Waals surface area contributed by atoms with Crippen LogP contribution in [0, 0.1) is 0 Å². The summed E-state index contributed by atoms with van der Waals surface area (Å²) in [4.78, 5) is 7.51. The number of sulfone groups is 1. The van der Waals surface area contributed by atoms with Gasteiger partial charge in [-0.2, -0.15) is 18.2 Å². The van der Waals surface area contributed by atoms with Crippen LogP contribution in [0.4, 0.5) is 24.8 Å². The van der Waals surface area contributed by atoms with Gasteiger partial charge in [0, 0.05) is 11.9 Å². The maximum Gasteiger partial charge on any atom is 0.423 e. The molecule has 0 bridgehead atoms. The van der Waals surface area contributed by atoms with Crippen LogP contribution in [0.3, 0.4) is 0 Å². The standard InChI is InChI=1S/C19H22F3N3O4S/c1-5-10-30(27,28)14-8-6-13(7-9-14)24-17-23-11-15(19(20,21)22)16(25-17)29-12(2)18(3,4)26/h5-9,11-12,26H,1,10H2,2-4H3,(H,23,24,25)/t12-/m1/s1. The normalized spacial score (nSPS) is 13.6. The molecule has 0 saturated heterocycles. The predicted molar refractivity (Wildman–Crippen MR) is 105 cm³/mol. The highest BCUT2D eigenvalue weighted by Gasteiger charge is 2.38. The largest absolute Gasteiger partial charge is 0.471 e. The SMILES string of the molecule is C=CCS(=O)(=O)c1ccc(Nc2ncc(C(F)(F)F)c(O[C@H](C)C(C)(C)O)n2)cc1. The number of rotatable bonds is 8. The number of halogens is 3. The van der Waals surface area contributed by atoms with E-state index in [0.29, 0.717) is 11.9 Å². The highest BCUT2D eigenvalue weighted by molar-refractivity contribution is 7.91. The molecule has 0 aliphatic rings. The summed E-state index contributed by atoms with van der Waals surface area (Å²) >= 11 is 0. The van der Waals surface area contributed by atoms with E-state index >= 15 is 0 Å². The summed E-state index contributed by atoms with van der Waals surface area (Å²) in [5.41, 5.74) is -2.24. The van der Waals surface area contributed by atoms with Gasteiger partial charge in [0.15, 0.2) is 9.84 Å². The van der Waals surface area contributed by atoms with Crippen molar-refractivity contribution >= 4 is 21.5 Å². The van der Waals surface area contributed by atoms with Gasteiger partial charge in [0.05, 0.1) is 16.2 Å². The van der Waals surface area contributed by atoms with Gasteiger partial charge < -0.3 is 15.2 Å². The smallest absolute Gasteiger partial charge is 0.423 e. The monoisotopic (exact) mass is 445 g/mol. The number of aliphatic hydroxyl groups is 1. The summed E-state index contributed by atoms with van der Waals surface area (Å²) in [5, 5.41) is 12.7. The van der Waals surface area contributed by atoms with Crippen molar-refractivity contribution in [3.8, 4) is 5.88 Å². The molecule has 2 rings (SSSR count). The van der Waals surface area contributed by atoms with Crippen LogP contribution in [-0.2, 0) is 16.0 Å².